The second-order valence-electron chi connectivity index (χ2n) is 3.05. The average molecular weight is 335 g/mol. The number of halogens is 1. The van der Waals surface area contributed by atoms with E-state index in [9.17, 15) is 14.9 Å². The third kappa shape index (κ3) is 2.69. The van der Waals surface area contributed by atoms with Crippen LogP contribution in [0.5, 0.6) is 5.75 Å². The highest BCUT2D eigenvalue weighted by molar-refractivity contribution is 14.1. The average Bonchev–Trinajstić information content (AvgIpc) is 2.19. The van der Waals surface area contributed by atoms with Gasteiger partial charge in [0.15, 0.2) is 11.5 Å². The van der Waals surface area contributed by atoms with Gasteiger partial charge in [-0.3, -0.25) is 14.9 Å². The maximum Gasteiger partial charge on any atom is 0.312 e. The molecule has 0 radical (unpaired) electrons. The molecule has 86 valence electrons. The molecule has 0 bridgehead atoms. The van der Waals surface area contributed by atoms with Crippen LogP contribution >= 0.6 is 22.6 Å². The molecule has 0 aliphatic heterocycles. The van der Waals surface area contributed by atoms with Crippen molar-refractivity contribution >= 4 is 34.1 Å². The Morgan fingerprint density at radius 2 is 2.19 bits per heavy atom. The lowest BCUT2D eigenvalue weighted by Crippen LogP contribution is -2.03. The number of rotatable bonds is 4. The number of ketones is 1. The summed E-state index contributed by atoms with van der Waals surface area (Å²) in [5, 5.41) is 10.8. The molecule has 1 aromatic rings. The molecule has 0 saturated carbocycles. The molecule has 5 nitrogen and oxygen atoms in total. The van der Waals surface area contributed by atoms with Crippen molar-refractivity contribution in [3.63, 3.8) is 0 Å². The largest absolute Gasteiger partial charge is 0.487 e. The van der Waals surface area contributed by atoms with Crippen LogP contribution in [0.2, 0.25) is 0 Å². The first-order valence-corrected chi connectivity index (χ1v) is 5.67. The smallest absolute Gasteiger partial charge is 0.312 e. The van der Waals surface area contributed by atoms with Gasteiger partial charge in [-0.25, -0.2) is 0 Å². The zero-order chi connectivity index (χ0) is 12.3. The van der Waals surface area contributed by atoms with E-state index in [1.165, 1.54) is 19.1 Å². The summed E-state index contributed by atoms with van der Waals surface area (Å²) in [7, 11) is 0. The number of nitro benzene ring substituents is 1. The number of ether oxygens (including phenoxy) is 1. The number of Topliss-reactive ketones (excluding diaryl/α,β-unsaturated/α-hetero) is 1. The van der Waals surface area contributed by atoms with Crippen molar-refractivity contribution in [1.82, 2.24) is 0 Å². The van der Waals surface area contributed by atoms with E-state index >= 15 is 0 Å². The highest BCUT2D eigenvalue weighted by atomic mass is 127. The van der Waals surface area contributed by atoms with Crippen molar-refractivity contribution in [3.8, 4) is 5.75 Å². The predicted octanol–water partition coefficient (Wildman–Crippen LogP) is 2.80. The predicted molar refractivity (Wildman–Crippen MR) is 67.0 cm³/mol. The van der Waals surface area contributed by atoms with E-state index in [1.807, 2.05) is 22.6 Å². The fraction of sp³-hybridized carbons (Fsp3) is 0.300. The minimum absolute atomic E-state index is 0.115. The van der Waals surface area contributed by atoms with Gasteiger partial charge in [-0.15, -0.1) is 0 Å². The molecule has 1 aromatic carbocycles. The van der Waals surface area contributed by atoms with E-state index < -0.39 is 4.92 Å². The van der Waals surface area contributed by atoms with Gasteiger partial charge in [0.25, 0.3) is 0 Å². The van der Waals surface area contributed by atoms with Crippen LogP contribution in [-0.2, 0) is 0 Å². The number of benzene rings is 1. The molecule has 0 amide bonds. The van der Waals surface area contributed by atoms with Gasteiger partial charge < -0.3 is 4.74 Å². The van der Waals surface area contributed by atoms with E-state index in [1.54, 1.807) is 6.92 Å². The molecule has 1 rings (SSSR count). The molecular formula is C10H10INO4. The Hall–Kier alpha value is -1.18. The summed E-state index contributed by atoms with van der Waals surface area (Å²) in [6, 6.07) is 2.77. The molecule has 0 aliphatic carbocycles. The topological polar surface area (TPSA) is 69.4 Å². The normalized spacial score (nSPS) is 9.94. The number of carbonyl (C=O) groups is 1. The lowest BCUT2D eigenvalue weighted by molar-refractivity contribution is -0.385. The first-order valence-electron chi connectivity index (χ1n) is 4.59. The van der Waals surface area contributed by atoms with Crippen LogP contribution in [0, 0.1) is 13.7 Å². The molecule has 16 heavy (non-hydrogen) atoms. The highest BCUT2D eigenvalue weighted by Gasteiger charge is 2.19. The molecule has 0 N–H and O–H groups in total. The summed E-state index contributed by atoms with van der Waals surface area (Å²) in [6.07, 6.45) is 0. The van der Waals surface area contributed by atoms with Crippen LogP contribution in [-0.4, -0.2) is 17.3 Å². The molecule has 0 aliphatic rings. The van der Waals surface area contributed by atoms with Gasteiger partial charge in [0, 0.05) is 15.2 Å². The van der Waals surface area contributed by atoms with Crippen molar-refractivity contribution in [2.24, 2.45) is 0 Å². The molecule has 0 spiro atoms. The maximum absolute atomic E-state index is 11.3. The van der Waals surface area contributed by atoms with Crippen molar-refractivity contribution in [1.29, 1.82) is 0 Å². The SMILES string of the molecule is CCOc1cc(C(C)=O)c(I)cc1[N+](=O)[O-]. The van der Waals surface area contributed by atoms with Gasteiger partial charge in [-0.1, -0.05) is 0 Å². The second-order valence-corrected chi connectivity index (χ2v) is 4.21. The lowest BCUT2D eigenvalue weighted by Gasteiger charge is -2.07. The molecule has 6 heteroatoms. The third-order valence-electron chi connectivity index (χ3n) is 1.92. The number of hydrogen-bond donors (Lipinski definition) is 0. The van der Waals surface area contributed by atoms with Crippen molar-refractivity contribution in [2.75, 3.05) is 6.61 Å². The van der Waals surface area contributed by atoms with Gasteiger partial charge in [-0.05, 0) is 42.5 Å². The number of carbonyl (C=O) groups excluding carboxylic acids is 1. The van der Waals surface area contributed by atoms with Gasteiger partial charge in [0.05, 0.1) is 11.5 Å². The molecular weight excluding hydrogens is 325 g/mol. The molecule has 0 aromatic heterocycles. The fourth-order valence-electron chi connectivity index (χ4n) is 1.23. The summed E-state index contributed by atoms with van der Waals surface area (Å²) in [6.45, 7) is 3.47. The lowest BCUT2D eigenvalue weighted by atomic mass is 10.1. The molecule has 0 atom stereocenters. The van der Waals surface area contributed by atoms with Gasteiger partial charge in [0.2, 0.25) is 0 Å². The maximum atomic E-state index is 11.3. The Labute approximate surface area is 106 Å². The first kappa shape index (κ1) is 12.9. The van der Waals surface area contributed by atoms with Crippen LogP contribution < -0.4 is 4.74 Å². The second kappa shape index (κ2) is 5.24. The van der Waals surface area contributed by atoms with E-state index in [0.717, 1.165) is 0 Å². The first-order chi connectivity index (χ1) is 7.47. The van der Waals surface area contributed by atoms with Crippen LogP contribution in [0.3, 0.4) is 0 Å². The molecule has 0 fully saturated rings. The molecule has 0 unspecified atom stereocenters. The highest BCUT2D eigenvalue weighted by Crippen LogP contribution is 2.31. The van der Waals surface area contributed by atoms with Crippen LogP contribution in [0.4, 0.5) is 5.69 Å². The monoisotopic (exact) mass is 335 g/mol. The quantitative estimate of drug-likeness (QED) is 0.367. The Bertz CT molecular complexity index is 445. The van der Waals surface area contributed by atoms with Gasteiger partial charge >= 0.3 is 5.69 Å². The van der Waals surface area contributed by atoms with Crippen LogP contribution in [0.1, 0.15) is 24.2 Å². The Morgan fingerprint density at radius 3 is 2.62 bits per heavy atom. The number of nitrogens with zero attached hydrogens (tertiary/aromatic N) is 1. The molecule has 0 saturated heterocycles. The number of hydrogen-bond acceptors (Lipinski definition) is 4. The van der Waals surface area contributed by atoms with Crippen LogP contribution in [0.15, 0.2) is 12.1 Å². The standard InChI is InChI=1S/C10H10INO4/c1-3-16-10-4-7(6(2)13)8(11)5-9(10)12(14)15/h4-5H,3H2,1-2H3. The van der Waals surface area contributed by atoms with Gasteiger partial charge in [0.1, 0.15) is 0 Å². The summed E-state index contributed by atoms with van der Waals surface area (Å²) < 4.78 is 5.70. The van der Waals surface area contributed by atoms with Crippen LogP contribution in [0.25, 0.3) is 0 Å². The molecule has 0 heterocycles. The Balaban J connectivity index is 3.36. The van der Waals surface area contributed by atoms with E-state index in [-0.39, 0.29) is 17.2 Å². The fourth-order valence-corrected chi connectivity index (χ4v) is 2.06. The zero-order valence-electron chi connectivity index (χ0n) is 8.82. The van der Waals surface area contributed by atoms with E-state index in [2.05, 4.69) is 0 Å². The van der Waals surface area contributed by atoms with Crippen molar-refractivity contribution in [3.05, 3.63) is 31.4 Å². The van der Waals surface area contributed by atoms with Crippen molar-refractivity contribution < 1.29 is 14.5 Å². The Kier molecular flexibility index (Phi) is 4.22. The summed E-state index contributed by atoms with van der Waals surface area (Å²) in [5.41, 5.74) is 0.325. The van der Waals surface area contributed by atoms with Crippen molar-refractivity contribution in [2.45, 2.75) is 13.8 Å². The minimum Gasteiger partial charge on any atom is -0.487 e. The van der Waals surface area contributed by atoms with Gasteiger partial charge in [-0.2, -0.15) is 0 Å². The minimum atomic E-state index is -0.517. The summed E-state index contributed by atoms with van der Waals surface area (Å²) in [5.74, 6) is -0.00151. The summed E-state index contributed by atoms with van der Waals surface area (Å²) >= 11 is 1.90. The summed E-state index contributed by atoms with van der Waals surface area (Å²) in [4.78, 5) is 21.5. The van der Waals surface area contributed by atoms with E-state index in [4.69, 9.17) is 4.74 Å². The van der Waals surface area contributed by atoms with E-state index in [0.29, 0.717) is 15.7 Å². The Morgan fingerprint density at radius 1 is 1.56 bits per heavy atom. The third-order valence-corrected chi connectivity index (χ3v) is 2.82. The zero-order valence-corrected chi connectivity index (χ0v) is 11.0. The number of nitro groups is 1.